The molecule has 0 radical (unpaired) electrons. The first-order valence-corrected chi connectivity index (χ1v) is 9.17. The minimum absolute atomic E-state index is 0.00455. The fourth-order valence-electron chi connectivity index (χ4n) is 3.69. The average molecular weight is 341 g/mol. The third kappa shape index (κ3) is 3.30. The molecule has 0 aliphatic heterocycles. The molecule has 2 atom stereocenters. The monoisotopic (exact) mass is 341 g/mol. The molecule has 1 fully saturated rings. The van der Waals surface area contributed by atoms with Gasteiger partial charge >= 0.3 is 0 Å². The van der Waals surface area contributed by atoms with Crippen molar-refractivity contribution in [2.24, 2.45) is 5.92 Å². The highest BCUT2D eigenvalue weighted by molar-refractivity contribution is 5.68. The van der Waals surface area contributed by atoms with Crippen LogP contribution in [0.5, 0.6) is 0 Å². The van der Waals surface area contributed by atoms with Gasteiger partial charge in [0.25, 0.3) is 0 Å². The van der Waals surface area contributed by atoms with Crippen LogP contribution in [0.1, 0.15) is 20.3 Å². The first-order valence-electron chi connectivity index (χ1n) is 9.17. The molecule has 2 unspecified atom stereocenters. The average Bonchev–Trinajstić information content (AvgIpc) is 3.38. The number of benzene rings is 1. The molecule has 1 heteroatoms. The van der Waals surface area contributed by atoms with Gasteiger partial charge in [-0.2, -0.15) is 0 Å². The molecule has 1 aromatic rings. The van der Waals surface area contributed by atoms with Crippen LogP contribution in [0.15, 0.2) is 115 Å². The number of fused-ring (bicyclic) bond motifs is 1. The van der Waals surface area contributed by atoms with Crippen molar-refractivity contribution >= 4 is 5.69 Å². The SMILES string of the molecule is C=C\C=C(/C(=C/C=C\C)C(=C)C)N(c1ccccc1)C12C=CC=CC1C2. The van der Waals surface area contributed by atoms with Crippen LogP contribution >= 0.6 is 0 Å². The minimum atomic E-state index is -0.00455. The van der Waals surface area contributed by atoms with Crippen molar-refractivity contribution < 1.29 is 0 Å². The summed E-state index contributed by atoms with van der Waals surface area (Å²) < 4.78 is 0. The standard InChI is InChI=1S/C25H27N/c1-5-7-17-23(20(3)4)24(13-6-2)26(22-15-9-8-10-16-22)25-18-12-11-14-21(25)19-25/h5-18,21H,2-3,19H2,1,4H3/b7-5-,23-17+,24-13+. The highest BCUT2D eigenvalue weighted by atomic mass is 15.3. The van der Waals surface area contributed by atoms with Gasteiger partial charge in [0, 0.05) is 22.9 Å². The van der Waals surface area contributed by atoms with Gasteiger partial charge < -0.3 is 4.90 Å². The number of nitrogens with zero attached hydrogens (tertiary/aromatic N) is 1. The number of allylic oxidation sites excluding steroid dienone is 8. The van der Waals surface area contributed by atoms with Crippen LogP contribution in [0, 0.1) is 5.92 Å². The van der Waals surface area contributed by atoms with E-state index in [2.05, 4.69) is 97.8 Å². The number of rotatable bonds is 7. The molecule has 26 heavy (non-hydrogen) atoms. The van der Waals surface area contributed by atoms with Gasteiger partial charge in [-0.25, -0.2) is 0 Å². The molecule has 0 bridgehead atoms. The van der Waals surface area contributed by atoms with E-state index in [-0.39, 0.29) is 5.54 Å². The number of para-hydroxylation sites is 1. The van der Waals surface area contributed by atoms with E-state index in [4.69, 9.17) is 0 Å². The van der Waals surface area contributed by atoms with E-state index in [1.54, 1.807) is 0 Å². The largest absolute Gasteiger partial charge is 0.331 e. The first kappa shape index (κ1) is 18.0. The molecule has 0 heterocycles. The number of hydrogen-bond donors (Lipinski definition) is 0. The van der Waals surface area contributed by atoms with Crippen LogP contribution in [0.3, 0.4) is 0 Å². The van der Waals surface area contributed by atoms with Crippen molar-refractivity contribution in [2.45, 2.75) is 25.8 Å². The quantitative estimate of drug-likeness (QED) is 0.510. The molecule has 0 amide bonds. The lowest BCUT2D eigenvalue weighted by molar-refractivity contribution is 0.724. The van der Waals surface area contributed by atoms with Crippen molar-refractivity contribution in [1.29, 1.82) is 0 Å². The second kappa shape index (κ2) is 7.61. The van der Waals surface area contributed by atoms with Crippen LogP contribution in [-0.2, 0) is 0 Å². The summed E-state index contributed by atoms with van der Waals surface area (Å²) in [6.07, 6.45) is 20.3. The van der Waals surface area contributed by atoms with Gasteiger partial charge in [0.1, 0.15) is 0 Å². The molecule has 3 rings (SSSR count). The highest BCUT2D eigenvalue weighted by Gasteiger charge is 2.57. The molecule has 1 aromatic carbocycles. The van der Waals surface area contributed by atoms with Gasteiger partial charge in [0.15, 0.2) is 0 Å². The zero-order valence-electron chi connectivity index (χ0n) is 15.7. The fourth-order valence-corrected chi connectivity index (χ4v) is 3.69. The Hall–Kier alpha value is -2.80. The Morgan fingerprint density at radius 3 is 2.58 bits per heavy atom. The summed E-state index contributed by atoms with van der Waals surface area (Å²) in [5.41, 5.74) is 4.50. The molecule has 0 spiro atoms. The lowest BCUT2D eigenvalue weighted by Crippen LogP contribution is -2.38. The van der Waals surface area contributed by atoms with Crippen LogP contribution in [0.25, 0.3) is 0 Å². The maximum Gasteiger partial charge on any atom is 0.0706 e. The van der Waals surface area contributed by atoms with E-state index in [1.165, 1.54) is 5.69 Å². The Morgan fingerprint density at radius 1 is 1.19 bits per heavy atom. The predicted octanol–water partition coefficient (Wildman–Crippen LogP) is 6.53. The summed E-state index contributed by atoms with van der Waals surface area (Å²) in [7, 11) is 0. The van der Waals surface area contributed by atoms with Crippen molar-refractivity contribution in [3.05, 3.63) is 115 Å². The molecule has 2 aliphatic rings. The summed E-state index contributed by atoms with van der Waals surface area (Å²) in [4.78, 5) is 2.46. The maximum absolute atomic E-state index is 4.23. The first-order chi connectivity index (χ1) is 12.6. The Morgan fingerprint density at radius 2 is 1.96 bits per heavy atom. The smallest absolute Gasteiger partial charge is 0.0706 e. The van der Waals surface area contributed by atoms with Gasteiger partial charge in [-0.1, -0.05) is 80.0 Å². The summed E-state index contributed by atoms with van der Waals surface area (Å²) in [5, 5.41) is 0. The second-order valence-electron chi connectivity index (χ2n) is 6.89. The van der Waals surface area contributed by atoms with E-state index in [0.29, 0.717) is 5.92 Å². The van der Waals surface area contributed by atoms with Crippen LogP contribution < -0.4 is 4.90 Å². The third-order valence-corrected chi connectivity index (χ3v) is 5.01. The zero-order valence-corrected chi connectivity index (χ0v) is 15.7. The molecule has 132 valence electrons. The van der Waals surface area contributed by atoms with E-state index in [0.717, 1.165) is 23.3 Å². The van der Waals surface area contributed by atoms with Gasteiger partial charge in [-0.3, -0.25) is 0 Å². The topological polar surface area (TPSA) is 3.24 Å². The molecule has 1 nitrogen and oxygen atoms in total. The number of hydrogen-bond acceptors (Lipinski definition) is 1. The van der Waals surface area contributed by atoms with E-state index in [9.17, 15) is 0 Å². The molecular weight excluding hydrogens is 314 g/mol. The minimum Gasteiger partial charge on any atom is -0.331 e. The maximum atomic E-state index is 4.23. The molecular formula is C25H27N. The Bertz CT molecular complexity index is 832. The second-order valence-corrected chi connectivity index (χ2v) is 6.89. The van der Waals surface area contributed by atoms with Crippen LogP contribution in [0.2, 0.25) is 0 Å². The van der Waals surface area contributed by atoms with E-state index in [1.807, 2.05) is 19.1 Å². The van der Waals surface area contributed by atoms with Gasteiger partial charge in [-0.05, 0) is 44.1 Å². The van der Waals surface area contributed by atoms with Crippen LogP contribution in [0.4, 0.5) is 5.69 Å². The van der Waals surface area contributed by atoms with Crippen molar-refractivity contribution in [2.75, 3.05) is 4.90 Å². The van der Waals surface area contributed by atoms with Gasteiger partial charge in [-0.15, -0.1) is 0 Å². The van der Waals surface area contributed by atoms with E-state index < -0.39 is 0 Å². The Balaban J connectivity index is 2.17. The molecule has 0 N–H and O–H groups in total. The Labute approximate surface area is 157 Å². The summed E-state index contributed by atoms with van der Waals surface area (Å²) in [6, 6.07) is 10.6. The molecule has 0 aromatic heterocycles. The fraction of sp³-hybridized carbons (Fsp3) is 0.200. The molecule has 2 aliphatic carbocycles. The van der Waals surface area contributed by atoms with E-state index >= 15 is 0 Å². The highest BCUT2D eigenvalue weighted by Crippen LogP contribution is 2.56. The molecule has 0 saturated heterocycles. The van der Waals surface area contributed by atoms with Gasteiger partial charge in [0.2, 0.25) is 0 Å². The summed E-state index contributed by atoms with van der Waals surface area (Å²) in [6.45, 7) is 12.3. The summed E-state index contributed by atoms with van der Waals surface area (Å²) in [5.74, 6) is 0.536. The van der Waals surface area contributed by atoms with Crippen molar-refractivity contribution in [1.82, 2.24) is 0 Å². The lowest BCUT2D eigenvalue weighted by Gasteiger charge is -2.37. The summed E-state index contributed by atoms with van der Waals surface area (Å²) >= 11 is 0. The Kier molecular flexibility index (Phi) is 5.27. The predicted molar refractivity (Wildman–Crippen MR) is 114 cm³/mol. The zero-order chi connectivity index (χ0) is 18.6. The molecule has 1 saturated carbocycles. The van der Waals surface area contributed by atoms with Crippen molar-refractivity contribution in [3.8, 4) is 0 Å². The van der Waals surface area contributed by atoms with Gasteiger partial charge in [0.05, 0.1) is 5.54 Å². The third-order valence-electron chi connectivity index (χ3n) is 5.01. The van der Waals surface area contributed by atoms with Crippen LogP contribution in [-0.4, -0.2) is 5.54 Å². The van der Waals surface area contributed by atoms with Crippen molar-refractivity contribution in [3.63, 3.8) is 0 Å². The normalized spacial score (nSPS) is 24.5. The number of anilines is 1. The lowest BCUT2D eigenvalue weighted by atomic mass is 9.97.